The Balaban J connectivity index is 0. The first-order valence-corrected chi connectivity index (χ1v) is 15.3. The van der Waals surface area contributed by atoms with Gasteiger partial charge in [-0.1, -0.05) is 0 Å². The Kier molecular flexibility index (Phi) is 16.3. The monoisotopic (exact) mass is 552 g/mol. The number of unbranched alkanes of at least 4 members (excludes halogenated alkanes) is 4. The fourth-order valence-electron chi connectivity index (χ4n) is 1.62. The molecule has 14 nitrogen and oxygen atoms in total. The van der Waals surface area contributed by atoms with Crippen LogP contribution < -0.4 is 0 Å². The van der Waals surface area contributed by atoms with E-state index in [0.29, 0.717) is 0 Å². The molecule has 0 bridgehead atoms. The van der Waals surface area contributed by atoms with Crippen LogP contribution in [0.25, 0.3) is 0 Å². The summed E-state index contributed by atoms with van der Waals surface area (Å²) in [6, 6.07) is 0. The van der Waals surface area contributed by atoms with Gasteiger partial charge in [-0.05, 0) is 52.4 Å². The highest BCUT2D eigenvalue weighted by Crippen LogP contribution is 2.13. The van der Waals surface area contributed by atoms with E-state index in [1.54, 1.807) is 0 Å². The predicted molar refractivity (Wildman–Crippen MR) is 114 cm³/mol. The molecule has 0 radical (unpaired) electrons. The van der Waals surface area contributed by atoms with Crippen LogP contribution in [0.1, 0.15) is 52.4 Å². The molecule has 0 spiro atoms. The number of hydrogen-bond acceptors (Lipinski definition) is 12. The normalized spacial score (nSPS) is 14.9. The van der Waals surface area contributed by atoms with E-state index in [4.69, 9.17) is 19.3 Å². The summed E-state index contributed by atoms with van der Waals surface area (Å²) in [5, 5.41) is 16.4. The zero-order valence-corrected chi connectivity index (χ0v) is 21.0. The van der Waals surface area contributed by atoms with Crippen molar-refractivity contribution < 1.29 is 61.4 Å². The summed E-state index contributed by atoms with van der Waals surface area (Å²) in [5.74, 6) is 0. The maximum atomic E-state index is 11.4. The van der Waals surface area contributed by atoms with Crippen molar-refractivity contribution in [1.29, 1.82) is 0 Å². The number of aliphatic hydroxyl groups excluding tert-OH is 2. The Morgan fingerprint density at radius 1 is 0.562 bits per heavy atom. The topological polar surface area (TPSA) is 236 Å². The maximum Gasteiger partial charge on any atom is 0.287 e. The second-order valence-corrected chi connectivity index (χ2v) is 14.3. The van der Waals surface area contributed by atoms with Gasteiger partial charge in [0.1, 0.15) is 0 Å². The second-order valence-electron chi connectivity index (χ2n) is 6.36. The standard InChI is InChI=1S/C9H20O12S4.C5H12O2/c1-8(22(10,11)12)24(16,17)20-6-4-3-5-7-21-25(18,19)9(2)23(13,14)15;6-4-2-1-3-5-7/h8-9H,3-7H2,1-2H3,(H,10,11,12)(H,13,14,15);6-7H,1-5H2. The Bertz CT molecular complexity index is 846. The molecule has 0 heterocycles. The van der Waals surface area contributed by atoms with Gasteiger partial charge in [-0.3, -0.25) is 17.5 Å². The molecular weight excluding hydrogens is 520 g/mol. The van der Waals surface area contributed by atoms with Crippen molar-refractivity contribution >= 4 is 40.5 Å². The highest BCUT2D eigenvalue weighted by atomic mass is 32.3. The van der Waals surface area contributed by atoms with Crippen LogP contribution >= 0.6 is 0 Å². The van der Waals surface area contributed by atoms with Gasteiger partial charge in [0.25, 0.3) is 40.5 Å². The van der Waals surface area contributed by atoms with Gasteiger partial charge < -0.3 is 10.2 Å². The van der Waals surface area contributed by atoms with Crippen molar-refractivity contribution in [2.24, 2.45) is 0 Å². The molecule has 0 rings (SSSR count). The average Bonchev–Trinajstić information content (AvgIpc) is 2.65. The van der Waals surface area contributed by atoms with E-state index in [-0.39, 0.29) is 32.5 Å². The van der Waals surface area contributed by atoms with Crippen LogP contribution in [0.4, 0.5) is 0 Å². The van der Waals surface area contributed by atoms with Crippen LogP contribution in [0.5, 0.6) is 0 Å². The summed E-state index contributed by atoms with van der Waals surface area (Å²) in [4.78, 5) is 0. The first-order chi connectivity index (χ1) is 14.4. The number of aliphatic hydroxyl groups is 2. The third-order valence-electron chi connectivity index (χ3n) is 3.75. The second kappa shape index (κ2) is 15.5. The van der Waals surface area contributed by atoms with Crippen molar-refractivity contribution in [3.63, 3.8) is 0 Å². The fourth-order valence-corrected chi connectivity index (χ4v) is 5.42. The van der Waals surface area contributed by atoms with Crippen LogP contribution in [-0.4, -0.2) is 88.6 Å². The summed E-state index contributed by atoms with van der Waals surface area (Å²) in [6.07, 6.45) is 2.98. The molecule has 0 fully saturated rings. The van der Waals surface area contributed by atoms with Gasteiger partial charge in [-0.2, -0.15) is 33.7 Å². The van der Waals surface area contributed by atoms with Gasteiger partial charge in [0.05, 0.1) is 13.2 Å². The van der Waals surface area contributed by atoms with Crippen molar-refractivity contribution in [2.45, 2.75) is 61.5 Å². The third-order valence-corrected chi connectivity index (χ3v) is 10.9. The first-order valence-electron chi connectivity index (χ1n) is 9.34. The number of hydrogen-bond donors (Lipinski definition) is 4. The Morgan fingerprint density at radius 3 is 1.09 bits per heavy atom. The zero-order chi connectivity index (χ0) is 25.6. The van der Waals surface area contributed by atoms with Crippen LogP contribution in [0.2, 0.25) is 0 Å². The molecule has 4 N–H and O–H groups in total. The van der Waals surface area contributed by atoms with Gasteiger partial charge in [-0.25, -0.2) is 0 Å². The van der Waals surface area contributed by atoms with E-state index in [9.17, 15) is 33.7 Å². The SMILES string of the molecule is CC(S(=O)(=O)O)S(=O)(=O)OCCCCCOS(=O)(=O)C(C)S(=O)(=O)O.OCCCCCO. The molecule has 0 aromatic heterocycles. The van der Waals surface area contributed by atoms with Crippen LogP contribution in [0, 0.1) is 0 Å². The summed E-state index contributed by atoms with van der Waals surface area (Å²) < 4.78 is 110. The molecule has 0 aliphatic rings. The smallest absolute Gasteiger partial charge is 0.287 e. The van der Waals surface area contributed by atoms with Crippen molar-refractivity contribution in [2.75, 3.05) is 26.4 Å². The lowest BCUT2D eigenvalue weighted by atomic mass is 10.2. The highest BCUT2D eigenvalue weighted by Gasteiger charge is 2.33. The molecule has 0 saturated carbocycles. The Morgan fingerprint density at radius 2 is 0.844 bits per heavy atom. The zero-order valence-electron chi connectivity index (χ0n) is 17.7. The molecular formula is C14H32O14S4. The minimum atomic E-state index is -4.82. The summed E-state index contributed by atoms with van der Waals surface area (Å²) in [5.41, 5.74) is 0. The fraction of sp³-hybridized carbons (Fsp3) is 1.00. The van der Waals surface area contributed by atoms with E-state index in [2.05, 4.69) is 8.37 Å². The lowest BCUT2D eigenvalue weighted by Crippen LogP contribution is -2.29. The van der Waals surface area contributed by atoms with Gasteiger partial charge >= 0.3 is 0 Å². The summed E-state index contributed by atoms with van der Waals surface area (Å²) in [7, 11) is -18.7. The van der Waals surface area contributed by atoms with E-state index < -0.39 is 62.9 Å². The number of rotatable bonds is 16. The maximum absolute atomic E-state index is 11.4. The lowest BCUT2D eigenvalue weighted by molar-refractivity contribution is 0.257. The molecule has 2 atom stereocenters. The molecule has 18 heteroatoms. The van der Waals surface area contributed by atoms with Gasteiger partial charge in [0, 0.05) is 13.2 Å². The molecule has 0 aromatic carbocycles. The molecule has 0 aliphatic heterocycles. The molecule has 2 unspecified atom stereocenters. The van der Waals surface area contributed by atoms with Crippen molar-refractivity contribution in [3.8, 4) is 0 Å². The van der Waals surface area contributed by atoms with Crippen LogP contribution in [-0.2, 0) is 48.8 Å². The molecule has 196 valence electrons. The van der Waals surface area contributed by atoms with Crippen molar-refractivity contribution in [1.82, 2.24) is 0 Å². The van der Waals surface area contributed by atoms with Crippen molar-refractivity contribution in [3.05, 3.63) is 0 Å². The first kappa shape index (κ1) is 33.7. The minimum absolute atomic E-state index is 0.0920. The third kappa shape index (κ3) is 15.4. The van der Waals surface area contributed by atoms with Crippen LogP contribution in [0.15, 0.2) is 0 Å². The largest absolute Gasteiger partial charge is 0.396 e. The lowest BCUT2D eigenvalue weighted by Gasteiger charge is -2.11. The molecule has 0 aliphatic carbocycles. The van der Waals surface area contributed by atoms with E-state index in [1.165, 1.54) is 0 Å². The summed E-state index contributed by atoms with van der Waals surface area (Å²) >= 11 is 0. The van der Waals surface area contributed by atoms with E-state index in [1.807, 2.05) is 0 Å². The Hall–Kier alpha value is -0.440. The van der Waals surface area contributed by atoms with E-state index in [0.717, 1.165) is 33.1 Å². The molecule has 0 amide bonds. The Labute approximate surface area is 189 Å². The molecule has 32 heavy (non-hydrogen) atoms. The van der Waals surface area contributed by atoms with Gasteiger partial charge in [-0.15, -0.1) is 0 Å². The average molecular weight is 553 g/mol. The minimum Gasteiger partial charge on any atom is -0.396 e. The molecule has 0 saturated heterocycles. The van der Waals surface area contributed by atoms with Gasteiger partial charge in [0.2, 0.25) is 9.16 Å². The predicted octanol–water partition coefficient (Wildman–Crippen LogP) is -0.542. The summed E-state index contributed by atoms with van der Waals surface area (Å²) in [6.45, 7) is 1.16. The van der Waals surface area contributed by atoms with Crippen LogP contribution in [0.3, 0.4) is 0 Å². The quantitative estimate of drug-likeness (QED) is 0.107. The highest BCUT2D eigenvalue weighted by molar-refractivity contribution is 8.04. The van der Waals surface area contributed by atoms with Gasteiger partial charge in [0.15, 0.2) is 0 Å². The molecule has 0 aromatic rings. The van der Waals surface area contributed by atoms with E-state index >= 15 is 0 Å².